The first-order chi connectivity index (χ1) is 16.4. The van der Waals surface area contributed by atoms with E-state index < -0.39 is 11.6 Å². The summed E-state index contributed by atoms with van der Waals surface area (Å²) >= 11 is 0. The van der Waals surface area contributed by atoms with Crippen LogP contribution >= 0.6 is 0 Å². The smallest absolute Gasteiger partial charge is 0.335 e. The monoisotopic (exact) mass is 464 g/mol. The van der Waals surface area contributed by atoms with Crippen LogP contribution in [-0.4, -0.2) is 56.2 Å². The van der Waals surface area contributed by atoms with Gasteiger partial charge < -0.3 is 19.1 Å². The zero-order valence-electron chi connectivity index (χ0n) is 18.8. The summed E-state index contributed by atoms with van der Waals surface area (Å²) in [6.45, 7) is 3.23. The summed E-state index contributed by atoms with van der Waals surface area (Å²) in [5, 5.41) is 17.7. The molecule has 0 amide bonds. The Labute approximate surface area is 194 Å². The van der Waals surface area contributed by atoms with Gasteiger partial charge in [0.05, 0.1) is 23.8 Å². The van der Waals surface area contributed by atoms with Crippen molar-refractivity contribution in [1.29, 1.82) is 0 Å². The van der Waals surface area contributed by atoms with Crippen LogP contribution in [-0.2, 0) is 14.3 Å². The van der Waals surface area contributed by atoms with E-state index in [0.717, 1.165) is 46.2 Å². The molecule has 2 saturated heterocycles. The number of fused-ring (bicyclic) bond motifs is 2. The second kappa shape index (κ2) is 7.89. The van der Waals surface area contributed by atoms with Gasteiger partial charge in [-0.15, -0.1) is 0 Å². The number of nitrogens with one attached hydrogen (secondary N) is 1. The quantitative estimate of drug-likeness (QED) is 0.467. The number of aromatic nitrogens is 4. The van der Waals surface area contributed by atoms with Crippen LogP contribution in [0.15, 0.2) is 36.5 Å². The zero-order valence-corrected chi connectivity index (χ0v) is 18.8. The maximum absolute atomic E-state index is 13.8. The van der Waals surface area contributed by atoms with Crippen molar-refractivity contribution in [2.45, 2.75) is 43.6 Å². The second-order valence-electron chi connectivity index (χ2n) is 9.41. The van der Waals surface area contributed by atoms with Crippen LogP contribution in [0.1, 0.15) is 49.3 Å². The molecule has 0 spiro atoms. The molecular formula is C25H25FN4O4. The molecule has 9 heteroatoms. The van der Waals surface area contributed by atoms with E-state index in [4.69, 9.17) is 14.5 Å². The highest BCUT2D eigenvalue weighted by molar-refractivity contribution is 5.94. The molecule has 34 heavy (non-hydrogen) atoms. The molecule has 2 fully saturated rings. The van der Waals surface area contributed by atoms with Gasteiger partial charge in [-0.2, -0.15) is 5.10 Å². The third-order valence-electron chi connectivity index (χ3n) is 7.21. The van der Waals surface area contributed by atoms with E-state index >= 15 is 0 Å². The fourth-order valence-corrected chi connectivity index (χ4v) is 5.46. The number of hydrogen-bond donors (Lipinski definition) is 2. The lowest BCUT2D eigenvalue weighted by molar-refractivity contribution is -0.157. The van der Waals surface area contributed by atoms with Gasteiger partial charge in [0.1, 0.15) is 5.82 Å². The lowest BCUT2D eigenvalue weighted by Gasteiger charge is -2.26. The molecule has 8 nitrogen and oxygen atoms in total. The summed E-state index contributed by atoms with van der Waals surface area (Å²) < 4.78 is 27.5. The van der Waals surface area contributed by atoms with Gasteiger partial charge in [-0.25, -0.2) is 14.2 Å². The van der Waals surface area contributed by atoms with E-state index in [1.54, 1.807) is 25.3 Å². The highest BCUT2D eigenvalue weighted by atomic mass is 19.1. The molecule has 0 radical (unpaired) electrons. The zero-order chi connectivity index (χ0) is 23.4. The first kappa shape index (κ1) is 21.2. The molecule has 4 aromatic rings. The van der Waals surface area contributed by atoms with Crippen LogP contribution < -0.4 is 0 Å². The molecule has 0 saturated carbocycles. The number of halogens is 1. The number of H-pyrrole nitrogens is 1. The van der Waals surface area contributed by atoms with Gasteiger partial charge in [0, 0.05) is 47.4 Å². The molecule has 176 valence electrons. The molecule has 2 aliphatic heterocycles. The topological polar surface area (TPSA) is 102 Å². The molecule has 2 atom stereocenters. The molecule has 3 aromatic heterocycles. The molecule has 6 rings (SSSR count). The van der Waals surface area contributed by atoms with Crippen molar-refractivity contribution >= 4 is 28.0 Å². The van der Waals surface area contributed by atoms with Crippen LogP contribution in [0, 0.1) is 5.82 Å². The molecule has 2 aliphatic rings. The lowest BCUT2D eigenvalue weighted by atomic mass is 9.85. The Morgan fingerprint density at radius 1 is 1.24 bits per heavy atom. The van der Waals surface area contributed by atoms with Crippen molar-refractivity contribution < 1.29 is 23.8 Å². The fraction of sp³-hybridized carbons (Fsp3) is 0.400. The highest BCUT2D eigenvalue weighted by Gasteiger charge is 2.46. The normalized spacial score (nSPS) is 23.8. The second-order valence-corrected chi connectivity index (χ2v) is 9.41. The average molecular weight is 464 g/mol. The number of carboxylic acid groups (broad SMARTS) is 1. The van der Waals surface area contributed by atoms with Crippen molar-refractivity contribution in [3.05, 3.63) is 53.6 Å². The Hall–Kier alpha value is -3.30. The number of carboxylic acids is 1. The van der Waals surface area contributed by atoms with E-state index in [9.17, 15) is 14.3 Å². The Bertz CT molecular complexity index is 1390. The van der Waals surface area contributed by atoms with Crippen molar-refractivity contribution in [2.24, 2.45) is 0 Å². The van der Waals surface area contributed by atoms with Gasteiger partial charge in [0.2, 0.25) is 0 Å². The Balaban J connectivity index is 1.65. The summed E-state index contributed by atoms with van der Waals surface area (Å²) in [5.41, 5.74) is 4.04. The highest BCUT2D eigenvalue weighted by Crippen LogP contribution is 2.46. The van der Waals surface area contributed by atoms with Gasteiger partial charge in [0.15, 0.2) is 11.2 Å². The number of aliphatic carboxylic acids is 1. The van der Waals surface area contributed by atoms with E-state index in [-0.39, 0.29) is 17.7 Å². The van der Waals surface area contributed by atoms with Gasteiger partial charge >= 0.3 is 5.97 Å². The maximum atomic E-state index is 13.8. The molecule has 0 unspecified atom stereocenters. The van der Waals surface area contributed by atoms with Gasteiger partial charge in [-0.05, 0) is 56.5 Å². The predicted molar refractivity (Wildman–Crippen MR) is 123 cm³/mol. The van der Waals surface area contributed by atoms with E-state index in [1.807, 2.05) is 6.07 Å². The number of carbonyl (C=O) groups is 1. The van der Waals surface area contributed by atoms with Crippen LogP contribution in [0.5, 0.6) is 0 Å². The van der Waals surface area contributed by atoms with E-state index in [2.05, 4.69) is 14.8 Å². The van der Waals surface area contributed by atoms with Gasteiger partial charge in [-0.3, -0.25) is 5.10 Å². The number of pyridine rings is 1. The molecular weight excluding hydrogens is 439 g/mol. The van der Waals surface area contributed by atoms with Crippen LogP contribution in [0.25, 0.3) is 27.8 Å². The summed E-state index contributed by atoms with van der Waals surface area (Å²) in [6.07, 6.45) is 3.77. The van der Waals surface area contributed by atoms with Gasteiger partial charge in [-0.1, -0.05) is 0 Å². The maximum Gasteiger partial charge on any atom is 0.335 e. The number of ether oxygens (including phenoxy) is 2. The SMILES string of the molecule is C[C@@]1(C(=O)O)C[C@@H](c2c(C3CCOCC3)n(-c3ccc(F)cc3)c3cc4cn[nH]c4nc23)CO1. The molecule has 0 aliphatic carbocycles. The summed E-state index contributed by atoms with van der Waals surface area (Å²) in [7, 11) is 0. The Morgan fingerprint density at radius 2 is 2.00 bits per heavy atom. The average Bonchev–Trinajstić information content (AvgIpc) is 3.54. The number of rotatable bonds is 4. The predicted octanol–water partition coefficient (Wildman–Crippen LogP) is 4.28. The molecule has 5 heterocycles. The van der Waals surface area contributed by atoms with Crippen LogP contribution in [0.3, 0.4) is 0 Å². The number of aromatic amines is 1. The summed E-state index contributed by atoms with van der Waals surface area (Å²) in [6, 6.07) is 8.50. The molecule has 1 aromatic carbocycles. The number of hydrogen-bond acceptors (Lipinski definition) is 5. The Kier molecular flexibility index (Phi) is 4.93. The van der Waals surface area contributed by atoms with E-state index in [0.29, 0.717) is 31.9 Å². The molecule has 2 N–H and O–H groups in total. The first-order valence-corrected chi connectivity index (χ1v) is 11.5. The van der Waals surface area contributed by atoms with Crippen molar-refractivity contribution in [3.8, 4) is 5.69 Å². The standard InChI is InChI=1S/C25H25FN4O4/c1-25(24(31)32)11-16(13-34-25)20-21-19(10-15-12-27-29-23(15)28-21)30(18-4-2-17(26)3-5-18)22(20)14-6-8-33-9-7-14/h2-5,10,12,14,16H,6-9,11,13H2,1H3,(H,31,32)(H,27,28,29)/t16-,25+/m1/s1. The van der Waals surface area contributed by atoms with E-state index in [1.165, 1.54) is 12.1 Å². The lowest BCUT2D eigenvalue weighted by Crippen LogP contribution is -2.34. The third kappa shape index (κ3) is 3.30. The Morgan fingerprint density at radius 3 is 2.71 bits per heavy atom. The molecule has 0 bridgehead atoms. The fourth-order valence-electron chi connectivity index (χ4n) is 5.46. The van der Waals surface area contributed by atoms with Gasteiger partial charge in [0.25, 0.3) is 0 Å². The van der Waals surface area contributed by atoms with Crippen LogP contribution in [0.4, 0.5) is 4.39 Å². The minimum absolute atomic E-state index is 0.143. The number of benzene rings is 1. The van der Waals surface area contributed by atoms with Crippen LogP contribution in [0.2, 0.25) is 0 Å². The summed E-state index contributed by atoms with van der Waals surface area (Å²) in [5.74, 6) is -1.22. The van der Waals surface area contributed by atoms with Crippen molar-refractivity contribution in [2.75, 3.05) is 19.8 Å². The minimum atomic E-state index is -1.25. The summed E-state index contributed by atoms with van der Waals surface area (Å²) in [4.78, 5) is 16.9. The minimum Gasteiger partial charge on any atom is -0.479 e. The number of nitrogens with zero attached hydrogens (tertiary/aromatic N) is 3. The first-order valence-electron chi connectivity index (χ1n) is 11.5. The van der Waals surface area contributed by atoms with Crippen molar-refractivity contribution in [3.63, 3.8) is 0 Å². The third-order valence-corrected chi connectivity index (χ3v) is 7.21. The van der Waals surface area contributed by atoms with Crippen molar-refractivity contribution in [1.82, 2.24) is 19.7 Å². The largest absolute Gasteiger partial charge is 0.479 e.